The van der Waals surface area contributed by atoms with Gasteiger partial charge in [-0.25, -0.2) is 0 Å². The predicted octanol–water partition coefficient (Wildman–Crippen LogP) is 8.65. The molecule has 3 nitrogen and oxygen atoms in total. The van der Waals surface area contributed by atoms with Gasteiger partial charge in [-0.3, -0.25) is 4.55 Å². The van der Waals surface area contributed by atoms with Crippen molar-refractivity contribution < 1.29 is 26.1 Å². The molecule has 0 fully saturated rings. The van der Waals surface area contributed by atoms with E-state index in [-0.39, 0.29) is 0 Å². The fourth-order valence-electron chi connectivity index (χ4n) is 4.95. The zero-order valence-corrected chi connectivity index (χ0v) is 21.4. The third kappa shape index (κ3) is 5.37. The Hall–Kier alpha value is -4.20. The van der Waals surface area contributed by atoms with Crippen molar-refractivity contribution in [2.24, 2.45) is 0 Å². The van der Waals surface area contributed by atoms with E-state index in [0.717, 1.165) is 6.42 Å². The van der Waals surface area contributed by atoms with Gasteiger partial charge in [0.05, 0.1) is 0 Å². The summed E-state index contributed by atoms with van der Waals surface area (Å²) in [6, 6.07) is 43.8. The van der Waals surface area contributed by atoms with Crippen LogP contribution in [0.4, 0.5) is 13.2 Å². The molecule has 0 bridgehead atoms. The molecule has 0 radical (unpaired) electrons. The minimum Gasteiger partial charge on any atom is -0.279 e. The second-order valence-electron chi connectivity index (χ2n) is 9.05. The number of halogens is 3. The topological polar surface area (TPSA) is 54.4 Å². The quantitative estimate of drug-likeness (QED) is 0.179. The van der Waals surface area contributed by atoms with E-state index in [1.165, 1.54) is 55.6 Å². The van der Waals surface area contributed by atoms with E-state index in [4.69, 9.17) is 13.0 Å². The second kappa shape index (κ2) is 10.5. The fourth-order valence-corrected chi connectivity index (χ4v) is 4.95. The number of fused-ring (bicyclic) bond motifs is 3. The Bertz CT molecular complexity index is 1720. The lowest BCUT2D eigenvalue weighted by Gasteiger charge is -2.21. The molecule has 5 aromatic rings. The average Bonchev–Trinajstić information content (AvgIpc) is 3.31. The molecule has 0 amide bonds. The van der Waals surface area contributed by atoms with Gasteiger partial charge in [-0.15, -0.1) is 0 Å². The molecule has 39 heavy (non-hydrogen) atoms. The molecular weight excluding hydrogens is 521 g/mol. The van der Waals surface area contributed by atoms with Crippen molar-refractivity contribution in [3.63, 3.8) is 0 Å². The van der Waals surface area contributed by atoms with Crippen molar-refractivity contribution in [2.75, 3.05) is 0 Å². The first-order valence-corrected chi connectivity index (χ1v) is 13.6. The van der Waals surface area contributed by atoms with Gasteiger partial charge in [-0.05, 0) is 68.1 Å². The highest BCUT2D eigenvalue weighted by Gasteiger charge is 2.44. The SMILES string of the molecule is O=S(=O)(O)C(F)(F)F.c1ccc(-c2cc3c(c(-c4ccccc4)c2-c2ccccc2)Cc2ccccc2-3)cc1. The van der Waals surface area contributed by atoms with Gasteiger partial charge in [0.1, 0.15) is 0 Å². The first-order valence-electron chi connectivity index (χ1n) is 12.1. The highest BCUT2D eigenvalue weighted by molar-refractivity contribution is 7.86. The van der Waals surface area contributed by atoms with E-state index in [2.05, 4.69) is 121 Å². The number of alkyl halides is 3. The third-order valence-corrected chi connectivity index (χ3v) is 7.20. The van der Waals surface area contributed by atoms with Gasteiger partial charge >= 0.3 is 15.6 Å². The van der Waals surface area contributed by atoms with Gasteiger partial charge < -0.3 is 0 Å². The second-order valence-corrected chi connectivity index (χ2v) is 10.5. The normalized spacial score (nSPS) is 12.2. The minimum absolute atomic E-state index is 0.977. The molecule has 0 saturated heterocycles. The Kier molecular flexibility index (Phi) is 7.12. The Morgan fingerprint density at radius 3 is 1.51 bits per heavy atom. The molecule has 0 aromatic heterocycles. The lowest BCUT2D eigenvalue weighted by molar-refractivity contribution is -0.0510. The number of benzene rings is 5. The van der Waals surface area contributed by atoms with Crippen LogP contribution in [0.3, 0.4) is 0 Å². The van der Waals surface area contributed by atoms with Gasteiger partial charge in [0.15, 0.2) is 0 Å². The molecular formula is C32H23F3O3S. The van der Waals surface area contributed by atoms with Gasteiger partial charge in [0.2, 0.25) is 0 Å². The standard InChI is InChI=1S/C31H22.CHF3O3S/c1-4-12-22(13-5-1)27-21-28-26-19-11-10-18-25(26)20-29(28)31(24-16-8-3-9-17-24)30(27)23-14-6-2-7-15-23;2-1(3,4)8(5,6)7/h1-19,21H,20H2;(H,5,6,7). The summed E-state index contributed by atoms with van der Waals surface area (Å²) in [5, 5.41) is 0. The molecule has 7 heteroatoms. The van der Waals surface area contributed by atoms with Crippen molar-refractivity contribution in [1.29, 1.82) is 0 Å². The van der Waals surface area contributed by atoms with E-state index >= 15 is 0 Å². The molecule has 1 aliphatic carbocycles. The Balaban J connectivity index is 0.000000339. The molecule has 1 aliphatic rings. The van der Waals surface area contributed by atoms with Crippen LogP contribution < -0.4 is 0 Å². The number of rotatable bonds is 3. The zero-order chi connectivity index (χ0) is 27.6. The first kappa shape index (κ1) is 26.4. The highest BCUT2D eigenvalue weighted by atomic mass is 32.2. The largest absolute Gasteiger partial charge is 0.522 e. The number of hydrogen-bond donors (Lipinski definition) is 1. The van der Waals surface area contributed by atoms with E-state index in [1.54, 1.807) is 0 Å². The summed E-state index contributed by atoms with van der Waals surface area (Å²) < 4.78 is 57.5. The monoisotopic (exact) mass is 544 g/mol. The molecule has 196 valence electrons. The van der Waals surface area contributed by atoms with Crippen LogP contribution >= 0.6 is 0 Å². The molecule has 1 N–H and O–H groups in total. The molecule has 0 atom stereocenters. The third-order valence-electron chi connectivity index (χ3n) is 6.61. The van der Waals surface area contributed by atoms with E-state index < -0.39 is 15.6 Å². The van der Waals surface area contributed by atoms with Crippen LogP contribution in [-0.4, -0.2) is 18.5 Å². The average molecular weight is 545 g/mol. The van der Waals surface area contributed by atoms with Crippen LogP contribution in [-0.2, 0) is 16.5 Å². The van der Waals surface area contributed by atoms with Gasteiger partial charge in [0, 0.05) is 0 Å². The lowest BCUT2D eigenvalue weighted by atomic mass is 9.82. The van der Waals surface area contributed by atoms with Crippen LogP contribution in [0.2, 0.25) is 0 Å². The van der Waals surface area contributed by atoms with Crippen molar-refractivity contribution >= 4 is 10.1 Å². The molecule has 0 saturated carbocycles. The minimum atomic E-state index is -5.84. The van der Waals surface area contributed by atoms with Crippen LogP contribution in [0.5, 0.6) is 0 Å². The van der Waals surface area contributed by atoms with Crippen molar-refractivity contribution in [1.82, 2.24) is 0 Å². The lowest BCUT2D eigenvalue weighted by Crippen LogP contribution is -2.21. The molecule has 0 aliphatic heterocycles. The zero-order valence-electron chi connectivity index (χ0n) is 20.6. The van der Waals surface area contributed by atoms with Crippen molar-refractivity contribution in [3.05, 3.63) is 132 Å². The van der Waals surface area contributed by atoms with E-state index in [1.807, 2.05) is 0 Å². The highest BCUT2D eigenvalue weighted by Crippen LogP contribution is 2.50. The van der Waals surface area contributed by atoms with Gasteiger partial charge in [-0.1, -0.05) is 115 Å². The molecule has 0 heterocycles. The van der Waals surface area contributed by atoms with Crippen molar-refractivity contribution in [2.45, 2.75) is 11.9 Å². The smallest absolute Gasteiger partial charge is 0.279 e. The Labute approximate surface area is 225 Å². The van der Waals surface area contributed by atoms with Crippen LogP contribution in [0.1, 0.15) is 11.1 Å². The summed E-state index contributed by atoms with van der Waals surface area (Å²) in [7, 11) is -5.84. The van der Waals surface area contributed by atoms with Crippen molar-refractivity contribution in [3.8, 4) is 44.5 Å². The predicted molar refractivity (Wildman–Crippen MR) is 149 cm³/mol. The summed E-state index contributed by atoms with van der Waals surface area (Å²) >= 11 is 0. The summed E-state index contributed by atoms with van der Waals surface area (Å²) in [5.74, 6) is 0. The maximum absolute atomic E-state index is 10.7. The van der Waals surface area contributed by atoms with Crippen LogP contribution in [0.25, 0.3) is 44.5 Å². The Morgan fingerprint density at radius 1 is 0.564 bits per heavy atom. The molecule has 5 aromatic carbocycles. The summed E-state index contributed by atoms with van der Waals surface area (Å²) in [5.41, 5.74) is 7.83. The summed E-state index contributed by atoms with van der Waals surface area (Å²) in [6.45, 7) is 0. The maximum Gasteiger partial charge on any atom is 0.522 e. The Morgan fingerprint density at radius 2 is 1.00 bits per heavy atom. The summed E-state index contributed by atoms with van der Waals surface area (Å²) in [4.78, 5) is 0. The molecule has 0 unspecified atom stereocenters. The first-order chi connectivity index (χ1) is 18.6. The van der Waals surface area contributed by atoms with Crippen LogP contribution in [0, 0.1) is 0 Å². The fraction of sp³-hybridized carbons (Fsp3) is 0.0625. The van der Waals surface area contributed by atoms with Crippen LogP contribution in [0.15, 0.2) is 121 Å². The molecule has 0 spiro atoms. The van der Waals surface area contributed by atoms with Gasteiger partial charge in [-0.2, -0.15) is 21.6 Å². The van der Waals surface area contributed by atoms with E-state index in [9.17, 15) is 13.2 Å². The molecule has 6 rings (SSSR count). The summed E-state index contributed by atoms with van der Waals surface area (Å²) in [6.07, 6.45) is 0.977. The number of hydrogen-bond acceptors (Lipinski definition) is 2. The maximum atomic E-state index is 10.7. The van der Waals surface area contributed by atoms with E-state index in [0.29, 0.717) is 0 Å². The van der Waals surface area contributed by atoms with Gasteiger partial charge in [0.25, 0.3) is 0 Å².